The van der Waals surface area contributed by atoms with Crippen molar-refractivity contribution in [2.45, 2.75) is 6.92 Å². The van der Waals surface area contributed by atoms with Crippen LogP contribution in [-0.4, -0.2) is 25.5 Å². The predicted octanol–water partition coefficient (Wildman–Crippen LogP) is -0.123. The maximum Gasteiger partial charge on any atom is 0.103 e. The highest BCUT2D eigenvalue weighted by atomic mass is 29.1. The van der Waals surface area contributed by atoms with Gasteiger partial charge in [0.2, 0.25) is 0 Å². The Labute approximate surface area is 73.5 Å². The van der Waals surface area contributed by atoms with E-state index in [2.05, 4.69) is 41.8 Å². The molecule has 0 fully saturated rings. The van der Waals surface area contributed by atoms with Gasteiger partial charge in [0, 0.05) is 22.0 Å². The second-order valence-corrected chi connectivity index (χ2v) is 5.80. The van der Waals surface area contributed by atoms with Crippen molar-refractivity contribution in [2.24, 2.45) is 0 Å². The lowest BCUT2D eigenvalue weighted by Crippen LogP contribution is -2.27. The van der Waals surface area contributed by atoms with Crippen LogP contribution in [0.1, 0.15) is 6.92 Å². The molecule has 0 aromatic heterocycles. The molecule has 0 radical (unpaired) electrons. The van der Waals surface area contributed by atoms with Crippen molar-refractivity contribution < 1.29 is 0 Å². The van der Waals surface area contributed by atoms with Gasteiger partial charge in [0.15, 0.2) is 0 Å². The third kappa shape index (κ3) is 2.20. The third-order valence-corrected chi connectivity index (χ3v) is 5.75. The molecule has 0 bridgehead atoms. The Morgan fingerprint density at radius 2 is 2.00 bits per heavy atom. The van der Waals surface area contributed by atoms with Crippen molar-refractivity contribution in [3.63, 3.8) is 0 Å². The largest absolute Gasteiger partial charge is 0.407 e. The van der Waals surface area contributed by atoms with E-state index in [1.807, 2.05) is 0 Å². The van der Waals surface area contributed by atoms with Gasteiger partial charge in [0.1, 0.15) is 9.20 Å². The topological polar surface area (TPSA) is 3.24 Å². The summed E-state index contributed by atoms with van der Waals surface area (Å²) in [5.74, 6) is 0. The fraction of sp³-hybridized carbons (Fsp3) is 0.250. The molecule has 3 heteroatoms. The standard InChI is InChI=1S/C8H15NSi2/c1-2-9(11-10)8-6-4-3-5-7-8/h3-7H,2,11H2,1,10H3. The SMILES string of the molecule is CCN([SiH2][SiH3])c1ccccc1. The molecule has 1 rings (SSSR count). The average Bonchev–Trinajstić information content (AvgIpc) is 2.09. The Balaban J connectivity index is 2.74. The van der Waals surface area contributed by atoms with Crippen LogP contribution in [0.5, 0.6) is 0 Å². The lowest BCUT2D eigenvalue weighted by molar-refractivity contribution is 1.10. The van der Waals surface area contributed by atoms with E-state index in [0.29, 0.717) is 0 Å². The highest BCUT2D eigenvalue weighted by molar-refractivity contribution is 6.91. The summed E-state index contributed by atoms with van der Waals surface area (Å²) in [5, 5.41) is 0. The zero-order valence-electron chi connectivity index (χ0n) is 7.25. The van der Waals surface area contributed by atoms with Gasteiger partial charge >= 0.3 is 0 Å². The van der Waals surface area contributed by atoms with Crippen molar-refractivity contribution in [3.05, 3.63) is 30.3 Å². The van der Waals surface area contributed by atoms with Crippen LogP contribution in [0.3, 0.4) is 0 Å². The summed E-state index contributed by atoms with van der Waals surface area (Å²) in [6, 6.07) is 10.7. The number of para-hydroxylation sites is 1. The molecule has 1 aromatic rings. The molecule has 0 unspecified atom stereocenters. The number of nitrogens with zero attached hydrogens (tertiary/aromatic N) is 1. The first-order valence-corrected chi connectivity index (χ1v) is 10.5. The number of anilines is 1. The fourth-order valence-corrected chi connectivity index (χ4v) is 4.69. The van der Waals surface area contributed by atoms with Crippen molar-refractivity contribution in [1.29, 1.82) is 0 Å². The minimum Gasteiger partial charge on any atom is -0.407 e. The van der Waals surface area contributed by atoms with Gasteiger partial charge in [0.25, 0.3) is 0 Å². The Hall–Kier alpha value is -0.546. The second-order valence-electron chi connectivity index (χ2n) is 2.51. The molecular formula is C8H15NSi2. The molecule has 0 aliphatic heterocycles. The summed E-state index contributed by atoms with van der Waals surface area (Å²) >= 11 is 0. The molecule has 11 heavy (non-hydrogen) atoms. The highest BCUT2D eigenvalue weighted by Gasteiger charge is 1.97. The van der Waals surface area contributed by atoms with Crippen LogP contribution in [0.25, 0.3) is 0 Å². The zero-order chi connectivity index (χ0) is 8.10. The van der Waals surface area contributed by atoms with Crippen molar-refractivity contribution in [1.82, 2.24) is 0 Å². The van der Waals surface area contributed by atoms with Gasteiger partial charge in [0.05, 0.1) is 0 Å². The number of rotatable bonds is 3. The second kappa shape index (κ2) is 4.36. The molecule has 0 heterocycles. The Kier molecular flexibility index (Phi) is 3.39. The third-order valence-electron chi connectivity index (χ3n) is 1.88. The summed E-state index contributed by atoms with van der Waals surface area (Å²) in [6.07, 6.45) is 0. The maximum absolute atomic E-state index is 2.53. The van der Waals surface area contributed by atoms with Crippen LogP contribution < -0.4 is 4.57 Å². The van der Waals surface area contributed by atoms with E-state index in [9.17, 15) is 0 Å². The Bertz CT molecular complexity index is 197. The first-order valence-electron chi connectivity index (χ1n) is 4.18. The zero-order valence-corrected chi connectivity index (χ0v) is 10.7. The lowest BCUT2D eigenvalue weighted by atomic mass is 10.3. The van der Waals surface area contributed by atoms with Gasteiger partial charge in [-0.25, -0.2) is 0 Å². The van der Waals surface area contributed by atoms with E-state index in [0.717, 1.165) is 0 Å². The van der Waals surface area contributed by atoms with Crippen molar-refractivity contribution in [3.8, 4) is 0 Å². The van der Waals surface area contributed by atoms with E-state index < -0.39 is 0 Å². The molecule has 0 aliphatic carbocycles. The minimum atomic E-state index is 0.102. The van der Waals surface area contributed by atoms with Crippen LogP contribution in [0.2, 0.25) is 0 Å². The molecule has 0 saturated heterocycles. The average molecular weight is 181 g/mol. The molecule has 0 atom stereocenters. The monoisotopic (exact) mass is 181 g/mol. The van der Waals surface area contributed by atoms with E-state index in [4.69, 9.17) is 0 Å². The van der Waals surface area contributed by atoms with Crippen LogP contribution in [0, 0.1) is 0 Å². The molecular weight excluding hydrogens is 166 g/mol. The molecule has 0 amide bonds. The quantitative estimate of drug-likeness (QED) is 0.588. The molecule has 0 saturated carbocycles. The molecule has 0 N–H and O–H groups in total. The van der Waals surface area contributed by atoms with Crippen molar-refractivity contribution in [2.75, 3.05) is 11.1 Å². The van der Waals surface area contributed by atoms with Gasteiger partial charge in [-0.2, -0.15) is 0 Å². The van der Waals surface area contributed by atoms with Gasteiger partial charge in [-0.3, -0.25) is 0 Å². The fourth-order valence-electron chi connectivity index (χ4n) is 1.23. The number of hydrogen-bond donors (Lipinski definition) is 0. The Morgan fingerprint density at radius 3 is 2.45 bits per heavy atom. The Morgan fingerprint density at radius 1 is 1.36 bits per heavy atom. The highest BCUT2D eigenvalue weighted by Crippen LogP contribution is 2.10. The number of hydrogen-bond acceptors (Lipinski definition) is 1. The van der Waals surface area contributed by atoms with E-state index in [1.165, 1.54) is 22.0 Å². The van der Waals surface area contributed by atoms with Crippen LogP contribution >= 0.6 is 0 Å². The summed E-state index contributed by atoms with van der Waals surface area (Å²) in [6.45, 7) is 3.41. The molecule has 60 valence electrons. The summed E-state index contributed by atoms with van der Waals surface area (Å²) in [4.78, 5) is 0. The summed E-state index contributed by atoms with van der Waals surface area (Å²) in [7, 11) is 1.48. The van der Waals surface area contributed by atoms with Gasteiger partial charge in [-0.05, 0) is 19.1 Å². The van der Waals surface area contributed by atoms with E-state index >= 15 is 0 Å². The summed E-state index contributed by atoms with van der Waals surface area (Å²) in [5.41, 5.74) is 1.41. The van der Waals surface area contributed by atoms with Crippen LogP contribution in [-0.2, 0) is 0 Å². The molecule has 1 aromatic carbocycles. The summed E-state index contributed by atoms with van der Waals surface area (Å²) < 4.78 is 2.53. The van der Waals surface area contributed by atoms with Crippen LogP contribution in [0.15, 0.2) is 30.3 Å². The predicted molar refractivity (Wildman–Crippen MR) is 57.9 cm³/mol. The van der Waals surface area contributed by atoms with E-state index in [-0.39, 0.29) is 9.20 Å². The molecule has 0 aliphatic rings. The van der Waals surface area contributed by atoms with E-state index in [1.54, 1.807) is 0 Å². The van der Waals surface area contributed by atoms with Gasteiger partial charge in [-0.1, -0.05) is 18.2 Å². The molecule has 1 nitrogen and oxygen atoms in total. The van der Waals surface area contributed by atoms with Gasteiger partial charge < -0.3 is 4.57 Å². The lowest BCUT2D eigenvalue weighted by Gasteiger charge is -2.20. The minimum absolute atomic E-state index is 0.102. The molecule has 0 spiro atoms. The number of benzene rings is 1. The van der Waals surface area contributed by atoms with Crippen molar-refractivity contribution >= 4 is 24.6 Å². The smallest absolute Gasteiger partial charge is 0.103 e. The van der Waals surface area contributed by atoms with Crippen LogP contribution in [0.4, 0.5) is 5.69 Å². The first kappa shape index (κ1) is 8.55. The maximum atomic E-state index is 2.53. The normalized spacial score (nSPS) is 11.0. The first-order chi connectivity index (χ1) is 5.38. The van der Waals surface area contributed by atoms with Gasteiger partial charge in [-0.15, -0.1) is 0 Å².